The number of carbonyl (C=O) groups excluding carboxylic acids is 2. The molecule has 9 heteroatoms. The summed E-state index contributed by atoms with van der Waals surface area (Å²) in [5.41, 5.74) is -1.70. The van der Waals surface area contributed by atoms with Crippen LogP contribution in [0, 0.1) is 23.7 Å². The van der Waals surface area contributed by atoms with Gasteiger partial charge in [-0.1, -0.05) is 41.0 Å². The second-order valence-corrected chi connectivity index (χ2v) is 14.1. The van der Waals surface area contributed by atoms with Crippen molar-refractivity contribution in [2.75, 3.05) is 21.2 Å². The van der Waals surface area contributed by atoms with Gasteiger partial charge in [-0.3, -0.25) is 4.79 Å². The van der Waals surface area contributed by atoms with Gasteiger partial charge in [-0.15, -0.1) is 0 Å². The quantitative estimate of drug-likeness (QED) is 0.198. The highest BCUT2D eigenvalue weighted by molar-refractivity contribution is 5.91. The minimum absolute atomic E-state index is 0.00328. The first-order valence-corrected chi connectivity index (χ1v) is 15.8. The molecule has 10 atom stereocenters. The van der Waals surface area contributed by atoms with E-state index in [0.29, 0.717) is 17.8 Å². The van der Waals surface area contributed by atoms with Crippen LogP contribution in [0.2, 0.25) is 0 Å². The van der Waals surface area contributed by atoms with Crippen molar-refractivity contribution in [3.8, 4) is 0 Å². The van der Waals surface area contributed by atoms with Gasteiger partial charge in [0.15, 0.2) is 12.1 Å². The van der Waals surface area contributed by atoms with Crippen LogP contribution in [0.3, 0.4) is 0 Å². The molecule has 9 nitrogen and oxygen atoms in total. The summed E-state index contributed by atoms with van der Waals surface area (Å²) in [6, 6.07) is 0.239. The SMILES string of the molecule is CC[C@@H](C)[C@@](C)(O)/C=C/C(=O)[C@H](C)C[C@@](C)(OC)[C@H](O[C@@H]1O[C@H](C)CC(N(C)C)[C@H]1C)[C@@H](C)C1=C(C)C(=O)OC(C)(C)O1. The Kier molecular flexibility index (Phi) is 12.7. The van der Waals surface area contributed by atoms with E-state index in [1.54, 1.807) is 40.9 Å². The lowest BCUT2D eigenvalue weighted by atomic mass is 9.79. The minimum Gasteiger partial charge on any atom is -0.456 e. The van der Waals surface area contributed by atoms with Crippen molar-refractivity contribution >= 4 is 11.8 Å². The van der Waals surface area contributed by atoms with E-state index in [9.17, 15) is 14.7 Å². The average molecular weight is 610 g/mol. The summed E-state index contributed by atoms with van der Waals surface area (Å²) in [5, 5.41) is 10.8. The number of ether oxygens (including phenoxy) is 5. The summed E-state index contributed by atoms with van der Waals surface area (Å²) in [6.07, 6.45) is 3.82. The minimum atomic E-state index is -1.14. The van der Waals surface area contributed by atoms with Crippen molar-refractivity contribution in [3.63, 3.8) is 0 Å². The normalized spacial score (nSPS) is 30.2. The lowest BCUT2D eigenvalue weighted by Crippen LogP contribution is -2.56. The van der Waals surface area contributed by atoms with E-state index in [-0.39, 0.29) is 29.8 Å². The lowest BCUT2D eigenvalue weighted by Gasteiger charge is -2.48. The number of rotatable bonds is 14. The predicted octanol–water partition coefficient (Wildman–Crippen LogP) is 5.65. The first kappa shape index (κ1) is 37.4. The van der Waals surface area contributed by atoms with Gasteiger partial charge < -0.3 is 33.7 Å². The number of esters is 1. The number of hydrogen-bond donors (Lipinski definition) is 1. The Morgan fingerprint density at radius 1 is 1.19 bits per heavy atom. The summed E-state index contributed by atoms with van der Waals surface area (Å²) in [6.45, 7) is 20.7. The van der Waals surface area contributed by atoms with Crippen LogP contribution in [0.25, 0.3) is 0 Å². The molecule has 2 rings (SSSR count). The van der Waals surface area contributed by atoms with E-state index >= 15 is 0 Å². The Bertz CT molecular complexity index is 1030. The van der Waals surface area contributed by atoms with Gasteiger partial charge in [0.1, 0.15) is 5.76 Å². The molecule has 2 aliphatic heterocycles. The molecule has 1 saturated heterocycles. The highest BCUT2D eigenvalue weighted by atomic mass is 16.7. The topological polar surface area (TPSA) is 104 Å². The molecule has 0 aromatic heterocycles. The molecule has 0 spiro atoms. The van der Waals surface area contributed by atoms with E-state index in [1.165, 1.54) is 6.08 Å². The van der Waals surface area contributed by atoms with Gasteiger partial charge in [0, 0.05) is 44.8 Å². The van der Waals surface area contributed by atoms with Crippen LogP contribution in [0.4, 0.5) is 0 Å². The van der Waals surface area contributed by atoms with Gasteiger partial charge in [-0.05, 0) is 72.7 Å². The summed E-state index contributed by atoms with van der Waals surface area (Å²) in [5.74, 6) is -2.09. The number of carbonyl (C=O) groups is 2. The number of hydrogen-bond acceptors (Lipinski definition) is 9. The average Bonchev–Trinajstić information content (AvgIpc) is 2.92. The Morgan fingerprint density at radius 3 is 2.33 bits per heavy atom. The molecule has 0 aromatic rings. The largest absolute Gasteiger partial charge is 0.456 e. The number of allylic oxidation sites excluding steroid dienone is 1. The third-order valence-corrected chi connectivity index (χ3v) is 9.62. The van der Waals surface area contributed by atoms with Gasteiger partial charge in [0.05, 0.1) is 29.0 Å². The predicted molar refractivity (Wildman–Crippen MR) is 167 cm³/mol. The van der Waals surface area contributed by atoms with Crippen LogP contribution in [-0.4, -0.2) is 84.5 Å². The fourth-order valence-electron chi connectivity index (χ4n) is 6.27. The maximum atomic E-state index is 13.4. The molecule has 1 unspecified atom stereocenters. The van der Waals surface area contributed by atoms with Crippen molar-refractivity contribution in [3.05, 3.63) is 23.5 Å². The van der Waals surface area contributed by atoms with E-state index in [0.717, 1.165) is 12.8 Å². The molecule has 0 bridgehead atoms. The zero-order valence-electron chi connectivity index (χ0n) is 29.1. The lowest BCUT2D eigenvalue weighted by molar-refractivity contribution is -0.284. The van der Waals surface area contributed by atoms with Gasteiger partial charge >= 0.3 is 5.97 Å². The van der Waals surface area contributed by atoms with Gasteiger partial charge in [-0.2, -0.15) is 0 Å². The van der Waals surface area contributed by atoms with Crippen molar-refractivity contribution in [1.29, 1.82) is 0 Å². The number of nitrogens with zero attached hydrogens (tertiary/aromatic N) is 1. The highest BCUT2D eigenvalue weighted by Crippen LogP contribution is 2.41. The first-order chi connectivity index (χ1) is 19.7. The van der Waals surface area contributed by atoms with Crippen LogP contribution < -0.4 is 0 Å². The van der Waals surface area contributed by atoms with Gasteiger partial charge in [0.25, 0.3) is 0 Å². The molecule has 0 amide bonds. The summed E-state index contributed by atoms with van der Waals surface area (Å²) in [4.78, 5) is 28.4. The van der Waals surface area contributed by atoms with Crippen molar-refractivity contribution < 1.29 is 38.4 Å². The van der Waals surface area contributed by atoms with Crippen molar-refractivity contribution in [2.45, 2.75) is 137 Å². The zero-order valence-corrected chi connectivity index (χ0v) is 29.1. The van der Waals surface area contributed by atoms with Gasteiger partial charge in [-0.25, -0.2) is 4.79 Å². The molecule has 2 heterocycles. The summed E-state index contributed by atoms with van der Waals surface area (Å²) in [7, 11) is 5.74. The Balaban J connectivity index is 2.51. The molecule has 1 fully saturated rings. The molecular weight excluding hydrogens is 550 g/mol. The fraction of sp³-hybridized carbons (Fsp3) is 0.824. The van der Waals surface area contributed by atoms with E-state index in [2.05, 4.69) is 25.9 Å². The molecule has 1 N–H and O–H groups in total. The van der Waals surface area contributed by atoms with E-state index in [4.69, 9.17) is 23.7 Å². The maximum absolute atomic E-state index is 13.4. The Hall–Kier alpha value is -1.78. The van der Waals surface area contributed by atoms with E-state index in [1.807, 2.05) is 41.5 Å². The maximum Gasteiger partial charge on any atom is 0.340 e. The number of ketones is 1. The number of cyclic esters (lactones) is 1. The molecule has 0 saturated carbocycles. The van der Waals surface area contributed by atoms with Crippen LogP contribution >= 0.6 is 0 Å². The molecule has 0 aromatic carbocycles. The smallest absolute Gasteiger partial charge is 0.340 e. The molecule has 0 radical (unpaired) electrons. The standard InChI is InChI=1S/C34H59NO8/c1-15-21(3)33(10,38)17-16-27(36)20(2)19-34(11,39-14)29(24(6)28-25(7)30(37)43-32(8,9)42-28)41-31-23(5)26(35(12)13)18-22(4)40-31/h16-17,20-24,26,29,31,38H,15,18-19H2,1-14H3/b17-16+/t20-,21-,22-,23-,24+,26?,29-,31+,33+,34-/m1/s1. The summed E-state index contributed by atoms with van der Waals surface area (Å²) < 4.78 is 31.2. The number of methoxy groups -OCH3 is 1. The third-order valence-electron chi connectivity index (χ3n) is 9.62. The van der Waals surface area contributed by atoms with Crippen molar-refractivity contribution in [2.24, 2.45) is 23.7 Å². The van der Waals surface area contributed by atoms with Crippen LogP contribution in [-0.2, 0) is 33.3 Å². The zero-order chi connectivity index (χ0) is 33.1. The Labute approximate surface area is 260 Å². The first-order valence-electron chi connectivity index (χ1n) is 15.8. The highest BCUT2D eigenvalue weighted by Gasteiger charge is 2.49. The van der Waals surface area contributed by atoms with Crippen LogP contribution in [0.5, 0.6) is 0 Å². The second-order valence-electron chi connectivity index (χ2n) is 14.1. The molecule has 0 aliphatic carbocycles. The molecule has 2 aliphatic rings. The van der Waals surface area contributed by atoms with Crippen LogP contribution in [0.1, 0.15) is 95.4 Å². The Morgan fingerprint density at radius 2 is 1.79 bits per heavy atom. The summed E-state index contributed by atoms with van der Waals surface area (Å²) >= 11 is 0. The number of aliphatic hydroxyl groups is 1. The molecule has 248 valence electrons. The molecule has 43 heavy (non-hydrogen) atoms. The monoisotopic (exact) mass is 609 g/mol. The fourth-order valence-corrected chi connectivity index (χ4v) is 6.27. The third kappa shape index (κ3) is 9.13. The van der Waals surface area contributed by atoms with E-state index < -0.39 is 47.2 Å². The van der Waals surface area contributed by atoms with Crippen molar-refractivity contribution in [1.82, 2.24) is 4.90 Å². The molecular formula is C34H59NO8. The second kappa shape index (κ2) is 14.5. The van der Waals surface area contributed by atoms with Crippen LogP contribution in [0.15, 0.2) is 23.5 Å². The van der Waals surface area contributed by atoms with Gasteiger partial charge in [0.2, 0.25) is 5.79 Å².